The molecule has 3 aromatic rings. The second-order valence-electron chi connectivity index (χ2n) is 4.85. The average Bonchev–Trinajstić information content (AvgIpc) is 3.26. The number of hydrogen-bond donors (Lipinski definition) is 1. The summed E-state index contributed by atoms with van der Waals surface area (Å²) in [4.78, 5) is 19.7. The summed E-state index contributed by atoms with van der Waals surface area (Å²) in [6.07, 6.45) is 3.55. The van der Waals surface area contributed by atoms with Gasteiger partial charge in [-0.05, 0) is 23.6 Å². The molecule has 0 aromatic carbocycles. The molecule has 1 aliphatic heterocycles. The second-order valence-corrected chi connectivity index (χ2v) is 6.73. The van der Waals surface area contributed by atoms with Crippen LogP contribution in [-0.2, 0) is 0 Å². The molecule has 3 aromatic heterocycles. The molecule has 0 saturated carbocycles. The number of thiazole rings is 1. The van der Waals surface area contributed by atoms with Gasteiger partial charge in [-0.2, -0.15) is 0 Å². The molecular formula is C16H13N5S2. The quantitative estimate of drug-likeness (QED) is 0.778. The number of nitrogens with zero attached hydrogens (tertiary/aromatic N) is 4. The molecule has 1 atom stereocenters. The summed E-state index contributed by atoms with van der Waals surface area (Å²) in [5, 5.41) is 8.07. The summed E-state index contributed by atoms with van der Waals surface area (Å²) in [5.74, 6) is 1.46. The zero-order valence-electron chi connectivity index (χ0n) is 12.3. The minimum Gasteiger partial charge on any atom is -0.374 e. The van der Waals surface area contributed by atoms with Gasteiger partial charge >= 0.3 is 0 Å². The Morgan fingerprint density at radius 2 is 2.00 bits per heavy atom. The summed E-state index contributed by atoms with van der Waals surface area (Å²) in [6, 6.07) is 7.84. The van der Waals surface area contributed by atoms with Crippen molar-refractivity contribution in [2.45, 2.75) is 6.04 Å². The van der Waals surface area contributed by atoms with Crippen molar-refractivity contribution in [2.24, 2.45) is 9.98 Å². The first-order valence-electron chi connectivity index (χ1n) is 7.09. The minimum absolute atomic E-state index is 0.173. The molecule has 1 N–H and O–H groups in total. The number of rotatable bonds is 2. The van der Waals surface area contributed by atoms with E-state index in [2.05, 4.69) is 26.7 Å². The van der Waals surface area contributed by atoms with Crippen LogP contribution in [0.15, 0.2) is 57.4 Å². The van der Waals surface area contributed by atoms with Crippen LogP contribution >= 0.6 is 22.7 Å². The number of aliphatic imine (C=N–C) groups is 2. The molecule has 23 heavy (non-hydrogen) atoms. The summed E-state index contributed by atoms with van der Waals surface area (Å²) < 4.78 is 0. The van der Waals surface area contributed by atoms with Crippen molar-refractivity contribution in [1.29, 1.82) is 0 Å². The average molecular weight is 339 g/mol. The molecule has 0 saturated heterocycles. The van der Waals surface area contributed by atoms with Crippen LogP contribution in [0.5, 0.6) is 0 Å². The van der Waals surface area contributed by atoms with Crippen LogP contribution in [0.1, 0.15) is 21.5 Å². The number of thiophene rings is 1. The molecule has 114 valence electrons. The number of amidine groups is 1. The lowest BCUT2D eigenvalue weighted by atomic mass is 10.1. The summed E-state index contributed by atoms with van der Waals surface area (Å²) in [5.41, 5.74) is 1.75. The fraction of sp³-hybridized carbons (Fsp3) is 0.125. The van der Waals surface area contributed by atoms with Gasteiger partial charge in [-0.1, -0.05) is 6.07 Å². The van der Waals surface area contributed by atoms with Gasteiger partial charge in [-0.15, -0.1) is 22.7 Å². The SMILES string of the molecule is CNC1=Nc2ncccc2C(c2nccs2)=NC1c1cccs1. The van der Waals surface area contributed by atoms with Crippen LogP contribution in [0, 0.1) is 0 Å². The monoisotopic (exact) mass is 339 g/mol. The zero-order chi connectivity index (χ0) is 15.6. The van der Waals surface area contributed by atoms with Crippen LogP contribution < -0.4 is 5.32 Å². The lowest BCUT2D eigenvalue weighted by molar-refractivity contribution is 0.927. The molecule has 4 rings (SSSR count). The molecule has 4 heterocycles. The van der Waals surface area contributed by atoms with Crippen LogP contribution in [0.2, 0.25) is 0 Å². The van der Waals surface area contributed by atoms with E-state index < -0.39 is 0 Å². The molecule has 1 unspecified atom stereocenters. The van der Waals surface area contributed by atoms with E-state index in [0.29, 0.717) is 5.82 Å². The molecular weight excluding hydrogens is 326 g/mol. The topological polar surface area (TPSA) is 62.5 Å². The summed E-state index contributed by atoms with van der Waals surface area (Å²) >= 11 is 3.24. The normalized spacial score (nSPS) is 17.0. The van der Waals surface area contributed by atoms with Gasteiger partial charge in [-0.25, -0.2) is 15.0 Å². The third-order valence-electron chi connectivity index (χ3n) is 3.49. The number of hydrogen-bond acceptors (Lipinski definition) is 7. The van der Waals surface area contributed by atoms with Gasteiger partial charge in [0.2, 0.25) is 0 Å². The van der Waals surface area contributed by atoms with E-state index in [-0.39, 0.29) is 6.04 Å². The Labute approximate surface area is 141 Å². The molecule has 1 aliphatic rings. The third kappa shape index (κ3) is 2.58. The first kappa shape index (κ1) is 14.2. The molecule has 0 bridgehead atoms. The number of nitrogens with one attached hydrogen (secondary N) is 1. The van der Waals surface area contributed by atoms with E-state index in [1.54, 1.807) is 35.1 Å². The smallest absolute Gasteiger partial charge is 0.163 e. The van der Waals surface area contributed by atoms with Crippen molar-refractivity contribution in [3.05, 3.63) is 62.9 Å². The highest BCUT2D eigenvalue weighted by Gasteiger charge is 2.26. The van der Waals surface area contributed by atoms with E-state index in [1.807, 2.05) is 30.6 Å². The van der Waals surface area contributed by atoms with E-state index in [9.17, 15) is 0 Å². The predicted octanol–water partition coefficient (Wildman–Crippen LogP) is 3.44. The van der Waals surface area contributed by atoms with Gasteiger partial charge in [0.05, 0.1) is 0 Å². The number of fused-ring (bicyclic) bond motifs is 1. The van der Waals surface area contributed by atoms with E-state index >= 15 is 0 Å². The fourth-order valence-electron chi connectivity index (χ4n) is 2.45. The maximum atomic E-state index is 5.00. The van der Waals surface area contributed by atoms with Gasteiger partial charge in [0.25, 0.3) is 0 Å². The maximum absolute atomic E-state index is 5.00. The molecule has 0 aliphatic carbocycles. The minimum atomic E-state index is -0.173. The van der Waals surface area contributed by atoms with Crippen molar-refractivity contribution >= 4 is 40.0 Å². The molecule has 7 heteroatoms. The van der Waals surface area contributed by atoms with Crippen LogP contribution in [0.4, 0.5) is 5.82 Å². The maximum Gasteiger partial charge on any atom is 0.163 e. The highest BCUT2D eigenvalue weighted by atomic mass is 32.1. The molecule has 0 radical (unpaired) electrons. The van der Waals surface area contributed by atoms with E-state index in [0.717, 1.165) is 27.0 Å². The Morgan fingerprint density at radius 3 is 2.74 bits per heavy atom. The van der Waals surface area contributed by atoms with Crippen LogP contribution in [-0.4, -0.2) is 28.6 Å². The number of likely N-dealkylation sites (N-methyl/N-ethyl adjacent to an activating group) is 1. The predicted molar refractivity (Wildman–Crippen MR) is 95.2 cm³/mol. The van der Waals surface area contributed by atoms with Gasteiger partial charge in [0.1, 0.15) is 22.6 Å². The number of aromatic nitrogens is 2. The molecule has 5 nitrogen and oxygen atoms in total. The first-order chi connectivity index (χ1) is 11.4. The lowest BCUT2D eigenvalue weighted by Gasteiger charge is -2.12. The van der Waals surface area contributed by atoms with Crippen molar-refractivity contribution in [3.63, 3.8) is 0 Å². The second kappa shape index (κ2) is 6.02. The Kier molecular flexibility index (Phi) is 3.72. The Hall–Kier alpha value is -2.38. The van der Waals surface area contributed by atoms with Crippen LogP contribution in [0.25, 0.3) is 0 Å². The largest absolute Gasteiger partial charge is 0.374 e. The van der Waals surface area contributed by atoms with Crippen molar-refractivity contribution in [3.8, 4) is 0 Å². The Balaban J connectivity index is 1.96. The molecule has 0 amide bonds. The van der Waals surface area contributed by atoms with E-state index in [1.165, 1.54) is 0 Å². The van der Waals surface area contributed by atoms with Crippen molar-refractivity contribution in [2.75, 3.05) is 7.05 Å². The standard InChI is InChI=1S/C16H13N5S2/c1-17-15-13(11-5-3-8-22-11)20-12(16-19-7-9-23-16)10-4-2-6-18-14(10)21-15/h2-9,13H,1H3,(H,17,18,21). The Morgan fingerprint density at radius 1 is 1.04 bits per heavy atom. The highest BCUT2D eigenvalue weighted by molar-refractivity contribution is 7.12. The summed E-state index contributed by atoms with van der Waals surface area (Å²) in [6.45, 7) is 0. The van der Waals surface area contributed by atoms with Crippen molar-refractivity contribution < 1.29 is 0 Å². The van der Waals surface area contributed by atoms with E-state index in [4.69, 9.17) is 9.98 Å². The highest BCUT2D eigenvalue weighted by Crippen LogP contribution is 2.32. The zero-order valence-corrected chi connectivity index (χ0v) is 13.9. The molecule has 0 spiro atoms. The van der Waals surface area contributed by atoms with Gasteiger partial charge in [-0.3, -0.25) is 4.99 Å². The number of pyridine rings is 1. The fourth-order valence-corrected chi connectivity index (χ4v) is 3.87. The lowest BCUT2D eigenvalue weighted by Crippen LogP contribution is -2.24. The third-order valence-corrected chi connectivity index (χ3v) is 5.19. The molecule has 0 fully saturated rings. The summed E-state index contributed by atoms with van der Waals surface area (Å²) in [7, 11) is 1.87. The van der Waals surface area contributed by atoms with Gasteiger partial charge < -0.3 is 5.32 Å². The Bertz CT molecular complexity index is 866. The van der Waals surface area contributed by atoms with Crippen molar-refractivity contribution in [1.82, 2.24) is 15.3 Å². The van der Waals surface area contributed by atoms with Gasteiger partial charge in [0, 0.05) is 35.3 Å². The first-order valence-corrected chi connectivity index (χ1v) is 8.85. The van der Waals surface area contributed by atoms with Crippen LogP contribution in [0.3, 0.4) is 0 Å². The van der Waals surface area contributed by atoms with Gasteiger partial charge in [0.15, 0.2) is 5.82 Å².